The van der Waals surface area contributed by atoms with Crippen molar-refractivity contribution in [2.45, 2.75) is 26.4 Å². The van der Waals surface area contributed by atoms with Crippen molar-refractivity contribution in [1.29, 1.82) is 0 Å². The van der Waals surface area contributed by atoms with Crippen LogP contribution < -0.4 is 10.1 Å². The average Bonchev–Trinajstić information content (AvgIpc) is 2.81. The highest BCUT2D eigenvalue weighted by molar-refractivity contribution is 5.98. The zero-order chi connectivity index (χ0) is 22.7. The van der Waals surface area contributed by atoms with Gasteiger partial charge in [-0.2, -0.15) is 0 Å². The van der Waals surface area contributed by atoms with Crippen molar-refractivity contribution < 1.29 is 14.6 Å². The predicted molar refractivity (Wildman–Crippen MR) is 129 cm³/mol. The van der Waals surface area contributed by atoms with Crippen molar-refractivity contribution in [3.05, 3.63) is 101 Å². The predicted octanol–water partition coefficient (Wildman–Crippen LogP) is 6.37. The topological polar surface area (TPSA) is 58.6 Å². The molecule has 0 heterocycles. The minimum absolute atomic E-state index is 0.164. The van der Waals surface area contributed by atoms with E-state index in [9.17, 15) is 9.90 Å². The van der Waals surface area contributed by atoms with E-state index in [1.807, 2.05) is 43.3 Å². The van der Waals surface area contributed by atoms with Gasteiger partial charge < -0.3 is 15.2 Å². The molecule has 0 aliphatic rings. The largest absolute Gasteiger partial charge is 0.497 e. The van der Waals surface area contributed by atoms with Gasteiger partial charge >= 0.3 is 5.97 Å². The molecule has 0 unspecified atom stereocenters. The van der Waals surface area contributed by atoms with Crippen LogP contribution in [0.25, 0.3) is 21.9 Å². The third kappa shape index (κ3) is 4.51. The molecule has 4 aromatic rings. The lowest BCUT2D eigenvalue weighted by Crippen LogP contribution is -2.18. The summed E-state index contributed by atoms with van der Waals surface area (Å²) in [5.41, 5.74) is 5.57. The number of aromatic carboxylic acids is 1. The molecule has 0 fully saturated rings. The van der Waals surface area contributed by atoms with Crippen LogP contribution in [0.5, 0.6) is 5.75 Å². The number of carboxylic acid groups (broad SMARTS) is 1. The summed E-state index contributed by atoms with van der Waals surface area (Å²) in [6.45, 7) is 4.70. The lowest BCUT2D eigenvalue weighted by atomic mass is 9.93. The second-order valence-electron chi connectivity index (χ2n) is 8.08. The highest BCUT2D eigenvalue weighted by Crippen LogP contribution is 2.32. The fraction of sp³-hybridized carbons (Fsp3) is 0.179. The van der Waals surface area contributed by atoms with Crippen molar-refractivity contribution in [3.63, 3.8) is 0 Å². The van der Waals surface area contributed by atoms with Crippen LogP contribution in [0, 0.1) is 6.92 Å². The third-order valence-electron chi connectivity index (χ3n) is 5.90. The maximum atomic E-state index is 11.4. The second kappa shape index (κ2) is 9.25. The Bertz CT molecular complexity index is 1280. The fourth-order valence-corrected chi connectivity index (χ4v) is 4.08. The number of fused-ring (bicyclic) bond motifs is 1. The molecule has 1 atom stereocenters. The summed E-state index contributed by atoms with van der Waals surface area (Å²) in [6.07, 6.45) is 0. The lowest BCUT2D eigenvalue weighted by Gasteiger charge is -2.17. The molecule has 32 heavy (non-hydrogen) atoms. The number of aryl methyl sites for hydroxylation is 1. The smallest absolute Gasteiger partial charge is 0.335 e. The first-order valence-corrected chi connectivity index (χ1v) is 10.7. The molecule has 0 spiro atoms. The highest BCUT2D eigenvalue weighted by Gasteiger charge is 2.12. The van der Waals surface area contributed by atoms with Crippen molar-refractivity contribution in [3.8, 4) is 16.9 Å². The van der Waals surface area contributed by atoms with E-state index in [2.05, 4.69) is 48.6 Å². The van der Waals surface area contributed by atoms with Crippen molar-refractivity contribution >= 4 is 16.7 Å². The number of ether oxygens (including phenoxy) is 1. The summed E-state index contributed by atoms with van der Waals surface area (Å²) in [7, 11) is 1.68. The zero-order valence-corrected chi connectivity index (χ0v) is 18.6. The van der Waals surface area contributed by atoms with Gasteiger partial charge in [-0.1, -0.05) is 48.5 Å². The molecule has 0 bridgehead atoms. The molecule has 0 amide bonds. The molecule has 0 saturated heterocycles. The van der Waals surface area contributed by atoms with E-state index in [1.54, 1.807) is 13.2 Å². The number of hydrogen-bond acceptors (Lipinski definition) is 3. The molecule has 0 aliphatic heterocycles. The minimum atomic E-state index is -0.900. The van der Waals surface area contributed by atoms with Crippen molar-refractivity contribution in [2.24, 2.45) is 0 Å². The maximum absolute atomic E-state index is 11.4. The van der Waals surface area contributed by atoms with E-state index in [0.717, 1.165) is 33.2 Å². The van der Waals surface area contributed by atoms with Crippen LogP contribution in [0.3, 0.4) is 0 Å². The third-order valence-corrected chi connectivity index (χ3v) is 5.90. The van der Waals surface area contributed by atoms with Crippen LogP contribution in [0.1, 0.15) is 40.0 Å². The first kappa shape index (κ1) is 21.6. The lowest BCUT2D eigenvalue weighted by molar-refractivity contribution is 0.0696. The molecule has 4 rings (SSSR count). The summed E-state index contributed by atoms with van der Waals surface area (Å²) >= 11 is 0. The molecule has 0 radical (unpaired) electrons. The van der Waals surface area contributed by atoms with Gasteiger partial charge in [-0.05, 0) is 82.8 Å². The van der Waals surface area contributed by atoms with Gasteiger partial charge in [-0.25, -0.2) is 4.79 Å². The Morgan fingerprint density at radius 1 is 1.00 bits per heavy atom. The molecule has 2 N–H and O–H groups in total. The second-order valence-corrected chi connectivity index (χ2v) is 8.08. The van der Waals surface area contributed by atoms with Gasteiger partial charge in [0.2, 0.25) is 0 Å². The van der Waals surface area contributed by atoms with Gasteiger partial charge in [0, 0.05) is 12.6 Å². The number of hydrogen-bond donors (Lipinski definition) is 2. The molecule has 4 nitrogen and oxygen atoms in total. The van der Waals surface area contributed by atoms with Crippen LogP contribution in [-0.4, -0.2) is 18.2 Å². The van der Waals surface area contributed by atoms with Crippen LogP contribution in [-0.2, 0) is 6.54 Å². The summed E-state index contributed by atoms with van der Waals surface area (Å²) in [5.74, 6) is -0.0484. The van der Waals surface area contributed by atoms with Gasteiger partial charge in [0.1, 0.15) is 5.75 Å². The Labute approximate surface area is 188 Å². The molecule has 0 aliphatic carbocycles. The SMILES string of the molecule is COc1cccc([C@@H](C)NCc2cc(-c3ccc(C(=O)O)c(C)c3)c3ccccc3c2)c1. The normalized spacial score (nSPS) is 12.0. The van der Waals surface area contributed by atoms with E-state index in [1.165, 1.54) is 11.1 Å². The first-order chi connectivity index (χ1) is 15.5. The molecule has 162 valence electrons. The Balaban J connectivity index is 1.66. The van der Waals surface area contributed by atoms with Gasteiger partial charge in [0.15, 0.2) is 0 Å². The van der Waals surface area contributed by atoms with Gasteiger partial charge in [0.05, 0.1) is 12.7 Å². The van der Waals surface area contributed by atoms with Crippen LogP contribution in [0.2, 0.25) is 0 Å². The van der Waals surface area contributed by atoms with Gasteiger partial charge in [-0.3, -0.25) is 0 Å². The van der Waals surface area contributed by atoms with E-state index < -0.39 is 5.97 Å². The monoisotopic (exact) mass is 425 g/mol. The number of rotatable bonds is 7. The van der Waals surface area contributed by atoms with Gasteiger partial charge in [-0.15, -0.1) is 0 Å². The molecule has 4 aromatic carbocycles. The summed E-state index contributed by atoms with van der Waals surface area (Å²) in [4.78, 5) is 11.4. The summed E-state index contributed by atoms with van der Waals surface area (Å²) < 4.78 is 5.35. The van der Waals surface area contributed by atoms with Crippen molar-refractivity contribution in [1.82, 2.24) is 5.32 Å². The molecule has 0 saturated carbocycles. The molecule has 0 aromatic heterocycles. The van der Waals surface area contributed by atoms with Crippen molar-refractivity contribution in [2.75, 3.05) is 7.11 Å². The minimum Gasteiger partial charge on any atom is -0.497 e. The Hall–Kier alpha value is -3.63. The van der Waals surface area contributed by atoms with Crippen LogP contribution in [0.15, 0.2) is 78.9 Å². The number of carboxylic acids is 1. The van der Waals surface area contributed by atoms with Crippen LogP contribution in [0.4, 0.5) is 0 Å². The van der Waals surface area contributed by atoms with Gasteiger partial charge in [0.25, 0.3) is 0 Å². The first-order valence-electron chi connectivity index (χ1n) is 10.7. The maximum Gasteiger partial charge on any atom is 0.335 e. The number of carbonyl (C=O) groups is 1. The van der Waals surface area contributed by atoms with E-state index in [0.29, 0.717) is 12.1 Å². The molecular weight excluding hydrogens is 398 g/mol. The summed E-state index contributed by atoms with van der Waals surface area (Å²) in [6, 6.07) is 26.5. The highest BCUT2D eigenvalue weighted by atomic mass is 16.5. The Morgan fingerprint density at radius 3 is 2.56 bits per heavy atom. The average molecular weight is 426 g/mol. The van der Waals surface area contributed by atoms with E-state index in [4.69, 9.17) is 4.74 Å². The quantitative estimate of drug-likeness (QED) is 0.361. The molecule has 4 heteroatoms. The number of benzene rings is 4. The molecular formula is C28H27NO3. The Morgan fingerprint density at radius 2 is 1.81 bits per heavy atom. The fourth-order valence-electron chi connectivity index (χ4n) is 4.08. The van der Waals surface area contributed by atoms with Crippen LogP contribution >= 0.6 is 0 Å². The number of nitrogens with one attached hydrogen (secondary N) is 1. The van der Waals surface area contributed by atoms with E-state index >= 15 is 0 Å². The standard InChI is InChI=1S/C28H27NO3/c1-18-13-23(11-12-25(18)28(30)31)27-15-20(14-22-7-4-5-10-26(22)27)17-29-19(2)21-8-6-9-24(16-21)32-3/h4-16,19,29H,17H2,1-3H3,(H,30,31)/t19-/m1/s1. The number of methoxy groups -OCH3 is 1. The van der Waals surface area contributed by atoms with E-state index in [-0.39, 0.29) is 6.04 Å². The zero-order valence-electron chi connectivity index (χ0n) is 18.6. The Kier molecular flexibility index (Phi) is 6.24. The summed E-state index contributed by atoms with van der Waals surface area (Å²) in [5, 5.41) is 15.3.